The van der Waals surface area contributed by atoms with Crippen LogP contribution in [0.3, 0.4) is 0 Å². The number of carbonyl (C=O) groups excluding carboxylic acids is 3. The minimum atomic E-state index is -0.789. The number of ether oxygens (including phenoxy) is 1. The van der Waals surface area contributed by atoms with Crippen molar-refractivity contribution in [3.8, 4) is 22.5 Å². The second-order valence-corrected chi connectivity index (χ2v) is 13.0. The maximum absolute atomic E-state index is 13.7. The number of amides is 3. The third kappa shape index (κ3) is 10.4. The molecule has 3 aromatic carbocycles. The van der Waals surface area contributed by atoms with Gasteiger partial charge in [-0.05, 0) is 102 Å². The lowest BCUT2D eigenvalue weighted by atomic mass is 9.81. The molecule has 1 saturated heterocycles. The highest BCUT2D eigenvalue weighted by molar-refractivity contribution is 5.98. The molecule has 13 nitrogen and oxygen atoms in total. The van der Waals surface area contributed by atoms with Crippen molar-refractivity contribution < 1.29 is 19.1 Å². The third-order valence-electron chi connectivity index (χ3n) is 9.62. The monoisotopic (exact) mass is 715 g/mol. The predicted octanol–water partition coefficient (Wildman–Crippen LogP) is 3.45. The summed E-state index contributed by atoms with van der Waals surface area (Å²) >= 11 is 0. The number of rotatable bonds is 13. The fourth-order valence-corrected chi connectivity index (χ4v) is 6.54. The summed E-state index contributed by atoms with van der Waals surface area (Å²) in [5.74, 6) is 0.305. The van der Waals surface area contributed by atoms with Crippen LogP contribution in [0.25, 0.3) is 22.5 Å². The van der Waals surface area contributed by atoms with E-state index in [2.05, 4.69) is 41.5 Å². The first-order chi connectivity index (χ1) is 24.4. The molecule has 0 radical (unpaired) electrons. The van der Waals surface area contributed by atoms with Crippen LogP contribution in [0.1, 0.15) is 41.6 Å². The standard InChI is InChI=1S/C37H45N9O4.ClH/c38-24-26-6-10-29(11-7-26)36(48)41-33(37(49)40-32-14-12-28(13-15-32)34-42-44-45-43-34)22-25-4-8-27(9-5-25)30-2-1-3-31(23-30)35(47)39-16-17-46-18-20-50-21-19-46;/h1-5,8-9,12-15,23,26,29,33H,6-7,10-11,16-22,24,38H2,(H,39,47)(H,40,49)(H,41,48)(H,42,43,44,45);1H/t26-,29-,33-;/m0./s1. The van der Waals surface area contributed by atoms with E-state index < -0.39 is 6.04 Å². The van der Waals surface area contributed by atoms with Gasteiger partial charge in [-0.15, -0.1) is 17.5 Å². The topological polar surface area (TPSA) is 180 Å². The molecular weight excluding hydrogens is 670 g/mol. The summed E-state index contributed by atoms with van der Waals surface area (Å²) in [6, 6.07) is 21.8. The van der Waals surface area contributed by atoms with Crippen LogP contribution < -0.4 is 21.7 Å². The van der Waals surface area contributed by atoms with Crippen molar-refractivity contribution in [2.45, 2.75) is 38.1 Å². The quantitative estimate of drug-likeness (QED) is 0.139. The van der Waals surface area contributed by atoms with Crippen LogP contribution in [0.4, 0.5) is 5.69 Å². The number of morpholine rings is 1. The van der Waals surface area contributed by atoms with Crippen molar-refractivity contribution in [2.24, 2.45) is 17.6 Å². The number of aromatic nitrogens is 4. The minimum Gasteiger partial charge on any atom is -0.379 e. The Labute approximate surface area is 303 Å². The van der Waals surface area contributed by atoms with E-state index in [-0.39, 0.29) is 36.0 Å². The summed E-state index contributed by atoms with van der Waals surface area (Å²) in [5, 5.41) is 22.9. The number of carbonyl (C=O) groups is 3. The van der Waals surface area contributed by atoms with Gasteiger partial charge in [0.1, 0.15) is 6.04 Å². The van der Waals surface area contributed by atoms with Crippen molar-refractivity contribution in [2.75, 3.05) is 51.3 Å². The lowest BCUT2D eigenvalue weighted by Gasteiger charge is -2.28. The van der Waals surface area contributed by atoms with Crippen LogP contribution in [0.15, 0.2) is 72.8 Å². The molecule has 14 heteroatoms. The Balaban J connectivity index is 0.00000504. The Morgan fingerprint density at radius 1 is 0.922 bits per heavy atom. The zero-order valence-corrected chi connectivity index (χ0v) is 29.4. The van der Waals surface area contributed by atoms with Crippen molar-refractivity contribution in [3.63, 3.8) is 0 Å². The fraction of sp³-hybridized carbons (Fsp3) is 0.405. The second kappa shape index (κ2) is 18.5. The van der Waals surface area contributed by atoms with Crippen LogP contribution in [-0.4, -0.2) is 95.2 Å². The van der Waals surface area contributed by atoms with Gasteiger partial charge in [-0.3, -0.25) is 19.3 Å². The molecule has 1 aromatic heterocycles. The van der Waals surface area contributed by atoms with Crippen molar-refractivity contribution in [3.05, 3.63) is 83.9 Å². The van der Waals surface area contributed by atoms with Crippen molar-refractivity contribution in [1.29, 1.82) is 0 Å². The van der Waals surface area contributed by atoms with Gasteiger partial charge in [0.15, 0.2) is 5.82 Å². The number of nitrogens with zero attached hydrogens (tertiary/aromatic N) is 4. The molecular formula is C37H46ClN9O4. The van der Waals surface area contributed by atoms with Gasteiger partial charge in [0.05, 0.1) is 13.2 Å². The zero-order valence-electron chi connectivity index (χ0n) is 28.6. The lowest BCUT2D eigenvalue weighted by Crippen LogP contribution is -2.48. The highest BCUT2D eigenvalue weighted by Crippen LogP contribution is 2.29. The van der Waals surface area contributed by atoms with E-state index in [0.717, 1.165) is 80.8 Å². The molecule has 2 heterocycles. The Hall–Kier alpha value is -4.69. The Morgan fingerprint density at radius 3 is 2.33 bits per heavy atom. The van der Waals surface area contributed by atoms with Gasteiger partial charge < -0.3 is 26.4 Å². The number of hydrogen-bond donors (Lipinski definition) is 5. The van der Waals surface area contributed by atoms with Crippen LogP contribution in [0.5, 0.6) is 0 Å². The van der Waals surface area contributed by atoms with E-state index in [1.165, 1.54) is 0 Å². The molecule has 270 valence electrons. The molecule has 51 heavy (non-hydrogen) atoms. The largest absolute Gasteiger partial charge is 0.379 e. The molecule has 0 unspecified atom stereocenters. The number of tetrazole rings is 1. The van der Waals surface area contributed by atoms with Crippen LogP contribution in [-0.2, 0) is 20.7 Å². The molecule has 1 aliphatic carbocycles. The molecule has 2 aliphatic rings. The van der Waals surface area contributed by atoms with E-state index in [1.54, 1.807) is 12.1 Å². The predicted molar refractivity (Wildman–Crippen MR) is 197 cm³/mol. The van der Waals surface area contributed by atoms with Gasteiger partial charge in [0.2, 0.25) is 11.8 Å². The summed E-state index contributed by atoms with van der Waals surface area (Å²) in [6.45, 7) is 5.22. The van der Waals surface area contributed by atoms with Crippen molar-refractivity contribution >= 4 is 35.8 Å². The molecule has 1 atom stereocenters. The number of nitrogens with two attached hydrogens (primary N) is 1. The summed E-state index contributed by atoms with van der Waals surface area (Å²) in [5.41, 5.74) is 10.6. The highest BCUT2D eigenvalue weighted by Gasteiger charge is 2.29. The van der Waals surface area contributed by atoms with E-state index in [0.29, 0.717) is 42.5 Å². The molecule has 4 aromatic rings. The minimum absolute atomic E-state index is 0. The summed E-state index contributed by atoms with van der Waals surface area (Å²) in [6.07, 6.45) is 3.66. The second-order valence-electron chi connectivity index (χ2n) is 13.0. The molecule has 6 rings (SSSR count). The number of halogens is 1. The van der Waals surface area contributed by atoms with Crippen LogP contribution in [0.2, 0.25) is 0 Å². The van der Waals surface area contributed by atoms with E-state index in [4.69, 9.17) is 10.5 Å². The maximum Gasteiger partial charge on any atom is 0.251 e. The van der Waals surface area contributed by atoms with Crippen LogP contribution in [0, 0.1) is 11.8 Å². The molecule has 2 fully saturated rings. The van der Waals surface area contributed by atoms with Gasteiger partial charge in [0, 0.05) is 55.3 Å². The van der Waals surface area contributed by atoms with E-state index in [9.17, 15) is 14.4 Å². The van der Waals surface area contributed by atoms with Crippen LogP contribution >= 0.6 is 12.4 Å². The number of H-pyrrole nitrogens is 1. The summed E-state index contributed by atoms with van der Waals surface area (Å²) < 4.78 is 5.40. The first-order valence-corrected chi connectivity index (χ1v) is 17.4. The number of hydrogen-bond acceptors (Lipinski definition) is 9. The zero-order chi connectivity index (χ0) is 34.7. The normalized spacial score (nSPS) is 18.2. The Morgan fingerprint density at radius 2 is 1.65 bits per heavy atom. The SMILES string of the molecule is Cl.NC[C@H]1CC[C@H](C(=O)N[C@@H](Cc2ccc(-c3cccc(C(=O)NCCN4CCOCC4)c3)cc2)C(=O)Nc2ccc(-c3nnn[nH]3)cc2)CC1. The van der Waals surface area contributed by atoms with Gasteiger partial charge in [-0.2, -0.15) is 0 Å². The van der Waals surface area contributed by atoms with Gasteiger partial charge >= 0.3 is 0 Å². The van der Waals surface area contributed by atoms with Gasteiger partial charge in [0.25, 0.3) is 5.91 Å². The lowest BCUT2D eigenvalue weighted by molar-refractivity contribution is -0.130. The Kier molecular flexibility index (Phi) is 13.6. The number of benzene rings is 3. The third-order valence-corrected chi connectivity index (χ3v) is 9.62. The molecule has 6 N–H and O–H groups in total. The average molecular weight is 716 g/mol. The smallest absolute Gasteiger partial charge is 0.251 e. The summed E-state index contributed by atoms with van der Waals surface area (Å²) in [4.78, 5) is 42.3. The first kappa shape index (κ1) is 37.6. The first-order valence-electron chi connectivity index (χ1n) is 17.4. The number of nitrogens with one attached hydrogen (secondary N) is 4. The molecule has 3 amide bonds. The molecule has 1 aliphatic heterocycles. The Bertz CT molecular complexity index is 1710. The highest BCUT2D eigenvalue weighted by atomic mass is 35.5. The fourth-order valence-electron chi connectivity index (χ4n) is 6.54. The molecule has 1 saturated carbocycles. The van der Waals surface area contributed by atoms with Crippen molar-refractivity contribution in [1.82, 2.24) is 36.2 Å². The van der Waals surface area contributed by atoms with Gasteiger partial charge in [-0.25, -0.2) is 5.10 Å². The van der Waals surface area contributed by atoms with E-state index in [1.807, 2.05) is 60.7 Å². The number of anilines is 1. The molecule has 0 bridgehead atoms. The van der Waals surface area contributed by atoms with Gasteiger partial charge in [-0.1, -0.05) is 36.4 Å². The number of aromatic amines is 1. The summed E-state index contributed by atoms with van der Waals surface area (Å²) in [7, 11) is 0. The molecule has 0 spiro atoms. The maximum atomic E-state index is 13.7. The van der Waals surface area contributed by atoms with E-state index >= 15 is 0 Å². The average Bonchev–Trinajstić information content (AvgIpc) is 3.71.